The lowest BCUT2D eigenvalue weighted by Gasteiger charge is -2.20. The number of nitrogens with zero attached hydrogens (tertiary/aromatic N) is 2. The van der Waals surface area contributed by atoms with Crippen molar-refractivity contribution in [3.8, 4) is 0 Å². The third-order valence-corrected chi connectivity index (χ3v) is 4.45. The molecule has 3 heteroatoms. The van der Waals surface area contributed by atoms with Gasteiger partial charge in [-0.25, -0.2) is 4.98 Å². The maximum Gasteiger partial charge on any atom is 0.111 e. The Morgan fingerprint density at radius 1 is 1.33 bits per heavy atom. The zero-order valence-electron chi connectivity index (χ0n) is 11.7. The molecule has 0 bridgehead atoms. The van der Waals surface area contributed by atoms with Crippen LogP contribution in [0, 0.1) is 5.92 Å². The zero-order valence-corrected chi connectivity index (χ0v) is 11.7. The predicted molar refractivity (Wildman–Crippen MR) is 73.7 cm³/mol. The van der Waals surface area contributed by atoms with Crippen LogP contribution in [-0.2, 0) is 19.5 Å². The third-order valence-electron chi connectivity index (χ3n) is 4.45. The minimum Gasteiger partial charge on any atom is -0.331 e. The molecule has 0 unspecified atom stereocenters. The van der Waals surface area contributed by atoms with Crippen molar-refractivity contribution in [1.29, 1.82) is 0 Å². The van der Waals surface area contributed by atoms with E-state index in [0.717, 1.165) is 25.4 Å². The fraction of sp³-hybridized carbons (Fsp3) is 0.800. The van der Waals surface area contributed by atoms with Gasteiger partial charge >= 0.3 is 0 Å². The molecule has 0 spiro atoms. The lowest BCUT2D eigenvalue weighted by Crippen LogP contribution is -2.25. The van der Waals surface area contributed by atoms with Gasteiger partial charge in [0.2, 0.25) is 0 Å². The van der Waals surface area contributed by atoms with Gasteiger partial charge in [0.25, 0.3) is 0 Å². The van der Waals surface area contributed by atoms with E-state index < -0.39 is 0 Å². The molecule has 1 aliphatic carbocycles. The molecule has 3 rings (SSSR count). The van der Waals surface area contributed by atoms with Crippen LogP contribution in [0.2, 0.25) is 0 Å². The molecule has 1 aromatic heterocycles. The van der Waals surface area contributed by atoms with Gasteiger partial charge < -0.3 is 9.88 Å². The van der Waals surface area contributed by atoms with E-state index in [-0.39, 0.29) is 0 Å². The van der Waals surface area contributed by atoms with Crippen molar-refractivity contribution >= 4 is 0 Å². The number of nitrogens with one attached hydrogen (secondary N) is 1. The molecule has 0 saturated heterocycles. The molecule has 18 heavy (non-hydrogen) atoms. The molecular formula is C15H25N3. The van der Waals surface area contributed by atoms with Gasteiger partial charge in [-0.15, -0.1) is 0 Å². The van der Waals surface area contributed by atoms with E-state index in [4.69, 9.17) is 4.98 Å². The van der Waals surface area contributed by atoms with E-state index in [0.29, 0.717) is 5.92 Å². The van der Waals surface area contributed by atoms with Crippen LogP contribution in [0.5, 0.6) is 0 Å². The number of imidazole rings is 1. The Morgan fingerprint density at radius 3 is 2.83 bits per heavy atom. The van der Waals surface area contributed by atoms with Crippen molar-refractivity contribution in [2.45, 2.75) is 65.0 Å². The highest BCUT2D eigenvalue weighted by Gasteiger charge is 2.24. The molecule has 2 heterocycles. The van der Waals surface area contributed by atoms with Crippen LogP contribution in [0.25, 0.3) is 0 Å². The van der Waals surface area contributed by atoms with Crippen molar-refractivity contribution in [2.75, 3.05) is 6.54 Å². The second-order valence-electron chi connectivity index (χ2n) is 6.21. The molecule has 1 fully saturated rings. The quantitative estimate of drug-likeness (QED) is 0.890. The monoisotopic (exact) mass is 247 g/mol. The van der Waals surface area contributed by atoms with Crippen LogP contribution in [0.15, 0.2) is 0 Å². The lowest BCUT2D eigenvalue weighted by molar-refractivity contribution is 0.429. The van der Waals surface area contributed by atoms with E-state index in [1.165, 1.54) is 49.4 Å². The molecule has 1 aliphatic heterocycles. The maximum absolute atomic E-state index is 4.89. The molecule has 1 aromatic rings. The average Bonchev–Trinajstić information content (AvgIpc) is 2.98. The van der Waals surface area contributed by atoms with Gasteiger partial charge in [0.15, 0.2) is 0 Å². The summed E-state index contributed by atoms with van der Waals surface area (Å²) in [4.78, 5) is 4.89. The number of fused-ring (bicyclic) bond motifs is 1. The van der Waals surface area contributed by atoms with Crippen LogP contribution < -0.4 is 5.32 Å². The second-order valence-corrected chi connectivity index (χ2v) is 6.21. The normalized spacial score (nSPS) is 20.6. The van der Waals surface area contributed by atoms with Crippen molar-refractivity contribution < 1.29 is 0 Å². The molecule has 0 atom stereocenters. The smallest absolute Gasteiger partial charge is 0.111 e. The number of hydrogen-bond acceptors (Lipinski definition) is 2. The fourth-order valence-corrected chi connectivity index (χ4v) is 3.49. The highest BCUT2D eigenvalue weighted by Crippen LogP contribution is 2.29. The summed E-state index contributed by atoms with van der Waals surface area (Å²) >= 11 is 0. The minimum absolute atomic E-state index is 0.539. The Balaban J connectivity index is 1.91. The van der Waals surface area contributed by atoms with Gasteiger partial charge in [0.1, 0.15) is 5.82 Å². The molecule has 1 saturated carbocycles. The van der Waals surface area contributed by atoms with Gasteiger partial charge in [0, 0.05) is 37.7 Å². The highest BCUT2D eigenvalue weighted by atomic mass is 15.1. The first-order valence-electron chi connectivity index (χ1n) is 7.54. The Morgan fingerprint density at radius 2 is 2.11 bits per heavy atom. The Bertz CT molecular complexity index is 414. The summed E-state index contributed by atoms with van der Waals surface area (Å²) in [6.45, 7) is 7.84. The summed E-state index contributed by atoms with van der Waals surface area (Å²) in [7, 11) is 0. The summed E-state index contributed by atoms with van der Waals surface area (Å²) in [6, 6.07) is 0. The summed E-state index contributed by atoms with van der Waals surface area (Å²) in [5.74, 6) is 2.75. The van der Waals surface area contributed by atoms with E-state index in [2.05, 4.69) is 23.7 Å². The topological polar surface area (TPSA) is 29.9 Å². The van der Waals surface area contributed by atoms with Crippen molar-refractivity contribution in [2.24, 2.45) is 5.92 Å². The Kier molecular flexibility index (Phi) is 3.42. The molecule has 100 valence electrons. The standard InChI is InChI=1S/C15H25N3/c1-11(2)15-17-13-9-16-8-7-14(13)18(15)10-12-5-3-4-6-12/h11-12,16H,3-10H2,1-2H3. The fourth-order valence-electron chi connectivity index (χ4n) is 3.49. The first-order valence-corrected chi connectivity index (χ1v) is 7.54. The summed E-state index contributed by atoms with van der Waals surface area (Å²) in [6.07, 6.45) is 6.85. The maximum atomic E-state index is 4.89. The van der Waals surface area contributed by atoms with Gasteiger partial charge in [-0.2, -0.15) is 0 Å². The second kappa shape index (κ2) is 5.04. The SMILES string of the molecule is CC(C)c1nc2c(n1CC1CCCC1)CCNC2. The Hall–Kier alpha value is -0.830. The van der Waals surface area contributed by atoms with Crippen LogP contribution in [0.3, 0.4) is 0 Å². The van der Waals surface area contributed by atoms with Gasteiger partial charge in [-0.05, 0) is 18.8 Å². The summed E-state index contributed by atoms with van der Waals surface area (Å²) in [5, 5.41) is 3.44. The van der Waals surface area contributed by atoms with E-state index in [9.17, 15) is 0 Å². The largest absolute Gasteiger partial charge is 0.331 e. The zero-order chi connectivity index (χ0) is 12.5. The molecule has 2 aliphatic rings. The van der Waals surface area contributed by atoms with Gasteiger partial charge in [-0.1, -0.05) is 26.7 Å². The van der Waals surface area contributed by atoms with Crippen LogP contribution in [0.4, 0.5) is 0 Å². The first-order chi connectivity index (χ1) is 8.75. The average molecular weight is 247 g/mol. The summed E-state index contributed by atoms with van der Waals surface area (Å²) < 4.78 is 2.57. The summed E-state index contributed by atoms with van der Waals surface area (Å²) in [5.41, 5.74) is 2.83. The van der Waals surface area contributed by atoms with E-state index >= 15 is 0 Å². The van der Waals surface area contributed by atoms with Crippen molar-refractivity contribution in [3.63, 3.8) is 0 Å². The molecule has 1 N–H and O–H groups in total. The molecular weight excluding hydrogens is 222 g/mol. The number of hydrogen-bond donors (Lipinski definition) is 1. The van der Waals surface area contributed by atoms with Crippen molar-refractivity contribution in [1.82, 2.24) is 14.9 Å². The minimum atomic E-state index is 0.539. The predicted octanol–water partition coefficient (Wildman–Crippen LogP) is 2.84. The molecule has 3 nitrogen and oxygen atoms in total. The van der Waals surface area contributed by atoms with Crippen LogP contribution in [0.1, 0.15) is 62.7 Å². The van der Waals surface area contributed by atoms with E-state index in [1.54, 1.807) is 0 Å². The van der Waals surface area contributed by atoms with Gasteiger partial charge in [0.05, 0.1) is 5.69 Å². The van der Waals surface area contributed by atoms with Crippen LogP contribution in [-0.4, -0.2) is 16.1 Å². The number of aromatic nitrogens is 2. The van der Waals surface area contributed by atoms with Gasteiger partial charge in [-0.3, -0.25) is 0 Å². The highest BCUT2D eigenvalue weighted by molar-refractivity contribution is 5.21. The first kappa shape index (κ1) is 12.2. The molecule has 0 amide bonds. The van der Waals surface area contributed by atoms with E-state index in [1.807, 2.05) is 0 Å². The Labute approximate surface area is 110 Å². The third kappa shape index (κ3) is 2.20. The van der Waals surface area contributed by atoms with Crippen molar-refractivity contribution in [3.05, 3.63) is 17.2 Å². The van der Waals surface area contributed by atoms with Crippen LogP contribution >= 0.6 is 0 Å². The lowest BCUT2D eigenvalue weighted by atomic mass is 10.1. The number of rotatable bonds is 3. The molecule has 0 radical (unpaired) electrons. The molecule has 0 aromatic carbocycles.